The second-order valence-electron chi connectivity index (χ2n) is 7.64. The molecular weight excluding hydrogens is 398 g/mol. The van der Waals surface area contributed by atoms with E-state index in [1.165, 1.54) is 10.4 Å². The van der Waals surface area contributed by atoms with E-state index in [4.69, 9.17) is 0 Å². The van der Waals surface area contributed by atoms with Crippen LogP contribution in [0.2, 0.25) is 0 Å². The summed E-state index contributed by atoms with van der Waals surface area (Å²) in [5.74, 6) is 0.617. The maximum absolute atomic E-state index is 12.8. The van der Waals surface area contributed by atoms with Gasteiger partial charge in [0.15, 0.2) is 5.82 Å². The van der Waals surface area contributed by atoms with Crippen LogP contribution in [0.5, 0.6) is 0 Å². The molecule has 156 valence electrons. The molecule has 0 aliphatic carbocycles. The molecule has 1 N–H and O–H groups in total. The van der Waals surface area contributed by atoms with Gasteiger partial charge in [0.25, 0.3) is 5.91 Å². The predicted molar refractivity (Wildman–Crippen MR) is 116 cm³/mol. The van der Waals surface area contributed by atoms with Crippen molar-refractivity contribution in [3.63, 3.8) is 0 Å². The summed E-state index contributed by atoms with van der Waals surface area (Å²) in [4.78, 5) is 32.9. The molecule has 0 saturated carbocycles. The lowest BCUT2D eigenvalue weighted by Crippen LogP contribution is -2.37. The minimum absolute atomic E-state index is 0.0698. The molecule has 8 heteroatoms. The molecule has 2 amide bonds. The third-order valence-corrected chi connectivity index (χ3v) is 6.27. The molecule has 0 bridgehead atoms. The topological polar surface area (TPSA) is 80.1 Å². The SMILES string of the molecule is CC(C)c1c(C(=O)NCCC(=O)N2CCc3sccc3C2)cnn1-c1ccccn1. The zero-order valence-electron chi connectivity index (χ0n) is 17.2. The fourth-order valence-corrected chi connectivity index (χ4v) is 4.64. The van der Waals surface area contributed by atoms with Crippen LogP contribution in [0.4, 0.5) is 0 Å². The summed E-state index contributed by atoms with van der Waals surface area (Å²) >= 11 is 1.76. The van der Waals surface area contributed by atoms with Gasteiger partial charge in [0, 0.05) is 37.1 Å². The van der Waals surface area contributed by atoms with Gasteiger partial charge in [-0.25, -0.2) is 9.67 Å². The van der Waals surface area contributed by atoms with Gasteiger partial charge in [-0.15, -0.1) is 11.3 Å². The summed E-state index contributed by atoms with van der Waals surface area (Å²) in [6.07, 6.45) is 4.47. The summed E-state index contributed by atoms with van der Waals surface area (Å²) in [5.41, 5.74) is 2.56. The van der Waals surface area contributed by atoms with Crippen molar-refractivity contribution < 1.29 is 9.59 Å². The lowest BCUT2D eigenvalue weighted by Gasteiger charge is -2.27. The Kier molecular flexibility index (Phi) is 5.94. The normalized spacial score (nSPS) is 13.4. The van der Waals surface area contributed by atoms with Gasteiger partial charge in [0.05, 0.1) is 17.5 Å². The summed E-state index contributed by atoms with van der Waals surface area (Å²) in [6.45, 7) is 5.75. The molecule has 4 rings (SSSR count). The van der Waals surface area contributed by atoms with Crippen LogP contribution >= 0.6 is 11.3 Å². The number of nitrogens with zero attached hydrogens (tertiary/aromatic N) is 4. The molecule has 3 aromatic rings. The van der Waals surface area contributed by atoms with Gasteiger partial charge in [-0.05, 0) is 41.5 Å². The highest BCUT2D eigenvalue weighted by atomic mass is 32.1. The highest BCUT2D eigenvalue weighted by Gasteiger charge is 2.23. The monoisotopic (exact) mass is 423 g/mol. The number of thiophene rings is 1. The Balaban J connectivity index is 1.38. The minimum atomic E-state index is -0.215. The fraction of sp³-hybridized carbons (Fsp3) is 0.364. The molecule has 0 fully saturated rings. The molecule has 0 saturated heterocycles. The smallest absolute Gasteiger partial charge is 0.254 e. The first kappa shape index (κ1) is 20.3. The molecule has 1 aliphatic heterocycles. The molecule has 30 heavy (non-hydrogen) atoms. The Bertz CT molecular complexity index is 1040. The van der Waals surface area contributed by atoms with Gasteiger partial charge in [-0.1, -0.05) is 19.9 Å². The van der Waals surface area contributed by atoms with E-state index in [2.05, 4.69) is 26.8 Å². The summed E-state index contributed by atoms with van der Waals surface area (Å²) in [6, 6.07) is 7.68. The van der Waals surface area contributed by atoms with E-state index in [-0.39, 0.29) is 24.2 Å². The van der Waals surface area contributed by atoms with Crippen molar-refractivity contribution in [2.24, 2.45) is 0 Å². The number of carbonyl (C=O) groups excluding carboxylic acids is 2. The predicted octanol–water partition coefficient (Wildman–Crippen LogP) is 3.16. The van der Waals surface area contributed by atoms with E-state index < -0.39 is 0 Å². The maximum atomic E-state index is 12.8. The number of nitrogens with one attached hydrogen (secondary N) is 1. The van der Waals surface area contributed by atoms with Gasteiger partial charge in [-0.2, -0.15) is 5.10 Å². The number of hydrogen-bond donors (Lipinski definition) is 1. The highest BCUT2D eigenvalue weighted by Crippen LogP contribution is 2.24. The van der Waals surface area contributed by atoms with E-state index in [0.717, 1.165) is 18.7 Å². The van der Waals surface area contributed by atoms with E-state index in [1.807, 2.05) is 36.9 Å². The largest absolute Gasteiger partial charge is 0.351 e. The number of aromatic nitrogens is 3. The molecule has 0 atom stereocenters. The van der Waals surface area contributed by atoms with E-state index in [9.17, 15) is 9.59 Å². The first-order valence-corrected chi connectivity index (χ1v) is 11.0. The summed E-state index contributed by atoms with van der Waals surface area (Å²) < 4.78 is 1.71. The van der Waals surface area contributed by atoms with Crippen molar-refractivity contribution in [2.75, 3.05) is 13.1 Å². The molecule has 3 aromatic heterocycles. The van der Waals surface area contributed by atoms with Crippen LogP contribution in [-0.4, -0.2) is 44.6 Å². The van der Waals surface area contributed by atoms with Gasteiger partial charge in [0.2, 0.25) is 5.91 Å². The van der Waals surface area contributed by atoms with Gasteiger partial charge >= 0.3 is 0 Å². The molecule has 0 radical (unpaired) electrons. The van der Waals surface area contributed by atoms with Gasteiger partial charge < -0.3 is 10.2 Å². The summed E-state index contributed by atoms with van der Waals surface area (Å²) in [7, 11) is 0. The lowest BCUT2D eigenvalue weighted by molar-refractivity contribution is -0.131. The molecular formula is C22H25N5O2S. The first-order chi connectivity index (χ1) is 14.5. The van der Waals surface area contributed by atoms with Crippen molar-refractivity contribution >= 4 is 23.2 Å². The minimum Gasteiger partial charge on any atom is -0.351 e. The van der Waals surface area contributed by atoms with Crippen LogP contribution in [0.25, 0.3) is 5.82 Å². The number of carbonyl (C=O) groups is 2. The zero-order chi connectivity index (χ0) is 21.1. The van der Waals surface area contributed by atoms with Crippen molar-refractivity contribution in [2.45, 2.75) is 39.2 Å². The van der Waals surface area contributed by atoms with Crippen molar-refractivity contribution in [3.8, 4) is 5.82 Å². The van der Waals surface area contributed by atoms with Crippen molar-refractivity contribution in [1.82, 2.24) is 25.0 Å². The fourth-order valence-electron chi connectivity index (χ4n) is 3.75. The number of rotatable bonds is 6. The Morgan fingerprint density at radius 1 is 1.27 bits per heavy atom. The van der Waals surface area contributed by atoms with Crippen molar-refractivity contribution in [3.05, 3.63) is 63.7 Å². The Morgan fingerprint density at radius 2 is 2.13 bits per heavy atom. The lowest BCUT2D eigenvalue weighted by atomic mass is 10.1. The third-order valence-electron chi connectivity index (χ3n) is 5.25. The molecule has 4 heterocycles. The average molecular weight is 424 g/mol. The highest BCUT2D eigenvalue weighted by molar-refractivity contribution is 7.10. The molecule has 0 aromatic carbocycles. The number of pyridine rings is 1. The Hall–Kier alpha value is -3.00. The number of fused-ring (bicyclic) bond motifs is 1. The average Bonchev–Trinajstić information content (AvgIpc) is 3.40. The van der Waals surface area contributed by atoms with E-state index >= 15 is 0 Å². The molecule has 0 spiro atoms. The van der Waals surface area contributed by atoms with Crippen LogP contribution in [0, 0.1) is 0 Å². The summed E-state index contributed by atoms with van der Waals surface area (Å²) in [5, 5.41) is 9.35. The van der Waals surface area contributed by atoms with Crippen LogP contribution in [0.3, 0.4) is 0 Å². The quantitative estimate of drug-likeness (QED) is 0.660. The maximum Gasteiger partial charge on any atom is 0.254 e. The Labute approximate surface area is 179 Å². The first-order valence-electron chi connectivity index (χ1n) is 10.1. The molecule has 0 unspecified atom stereocenters. The zero-order valence-corrected chi connectivity index (χ0v) is 18.0. The van der Waals surface area contributed by atoms with Crippen LogP contribution < -0.4 is 5.32 Å². The van der Waals surface area contributed by atoms with Gasteiger partial charge in [-0.3, -0.25) is 9.59 Å². The second kappa shape index (κ2) is 8.79. The van der Waals surface area contributed by atoms with Crippen LogP contribution in [-0.2, 0) is 17.8 Å². The van der Waals surface area contributed by atoms with E-state index in [1.54, 1.807) is 28.4 Å². The second-order valence-corrected chi connectivity index (χ2v) is 8.64. The van der Waals surface area contributed by atoms with Crippen molar-refractivity contribution in [1.29, 1.82) is 0 Å². The standard InChI is InChI=1S/C22H25N5O2S/c1-15(2)21-17(13-25-27(21)19-5-3-4-9-23-19)22(29)24-10-6-20(28)26-11-7-18-16(14-26)8-12-30-18/h3-5,8-9,12-13,15H,6-7,10-11,14H2,1-2H3,(H,24,29). The molecule has 7 nitrogen and oxygen atoms in total. The van der Waals surface area contributed by atoms with Crippen LogP contribution in [0.1, 0.15) is 52.7 Å². The molecule has 1 aliphatic rings. The van der Waals surface area contributed by atoms with Crippen LogP contribution in [0.15, 0.2) is 42.0 Å². The number of amides is 2. The van der Waals surface area contributed by atoms with E-state index in [0.29, 0.717) is 24.5 Å². The van der Waals surface area contributed by atoms with Gasteiger partial charge in [0.1, 0.15) is 0 Å². The Morgan fingerprint density at radius 3 is 2.90 bits per heavy atom. The third kappa shape index (κ3) is 4.14. The number of hydrogen-bond acceptors (Lipinski definition) is 5.